The molecule has 1 aliphatic carbocycles. The molecule has 1 amide bonds. The zero-order chi connectivity index (χ0) is 19.8. The fourth-order valence-electron chi connectivity index (χ4n) is 4.31. The van der Waals surface area contributed by atoms with Gasteiger partial charge in [0.25, 0.3) is 5.91 Å². The number of benzene rings is 2. The molecule has 0 spiro atoms. The van der Waals surface area contributed by atoms with Crippen LogP contribution >= 0.6 is 0 Å². The normalized spacial score (nSPS) is 16.4. The van der Waals surface area contributed by atoms with Crippen molar-refractivity contribution in [3.63, 3.8) is 0 Å². The quantitative estimate of drug-likeness (QED) is 0.588. The highest BCUT2D eigenvalue weighted by molar-refractivity contribution is 6.35. The lowest BCUT2D eigenvalue weighted by atomic mass is 9.98. The van der Waals surface area contributed by atoms with E-state index in [9.17, 15) is 4.79 Å². The number of aryl methyl sites for hydroxylation is 2. The highest BCUT2D eigenvalue weighted by atomic mass is 16.5. The highest BCUT2D eigenvalue weighted by Gasteiger charge is 2.25. The molecule has 0 saturated heterocycles. The first-order chi connectivity index (χ1) is 14.2. The van der Waals surface area contributed by atoms with Crippen molar-refractivity contribution in [3.05, 3.63) is 71.0 Å². The van der Waals surface area contributed by atoms with E-state index >= 15 is 0 Å². The standard InChI is InChI=1S/C25H24N2O2/c1-2-29-20-8-5-7-16(13-20)17-10-11-21-22(25(28)27-24(21)14-17)15-19-12-18-6-3-4-9-23(18)26-19/h5,7-8,10-15,26H,2-4,6,9H2,1H3,(H,27,28)/b22-15-. The molecule has 29 heavy (non-hydrogen) atoms. The number of hydrogen-bond acceptors (Lipinski definition) is 2. The van der Waals surface area contributed by atoms with Gasteiger partial charge in [0.15, 0.2) is 0 Å². The number of aromatic nitrogens is 1. The van der Waals surface area contributed by atoms with Crippen LogP contribution in [0.5, 0.6) is 5.75 Å². The average molecular weight is 384 g/mol. The van der Waals surface area contributed by atoms with Crippen molar-refractivity contribution < 1.29 is 9.53 Å². The maximum atomic E-state index is 12.7. The zero-order valence-electron chi connectivity index (χ0n) is 16.5. The van der Waals surface area contributed by atoms with Gasteiger partial charge in [0.1, 0.15) is 5.75 Å². The van der Waals surface area contributed by atoms with Crippen molar-refractivity contribution in [3.8, 4) is 16.9 Å². The number of nitrogens with one attached hydrogen (secondary N) is 2. The topological polar surface area (TPSA) is 54.1 Å². The number of aromatic amines is 1. The number of ether oxygens (including phenoxy) is 1. The summed E-state index contributed by atoms with van der Waals surface area (Å²) >= 11 is 0. The molecule has 2 N–H and O–H groups in total. The number of hydrogen-bond donors (Lipinski definition) is 2. The van der Waals surface area contributed by atoms with Gasteiger partial charge in [-0.2, -0.15) is 0 Å². The third-order valence-corrected chi connectivity index (χ3v) is 5.72. The molecule has 2 aromatic carbocycles. The van der Waals surface area contributed by atoms with Gasteiger partial charge in [0.05, 0.1) is 12.2 Å². The molecule has 2 aliphatic rings. The average Bonchev–Trinajstić information content (AvgIpc) is 3.28. The van der Waals surface area contributed by atoms with Gasteiger partial charge in [-0.25, -0.2) is 0 Å². The van der Waals surface area contributed by atoms with Crippen LogP contribution in [0.1, 0.15) is 42.3 Å². The molecule has 5 rings (SSSR count). The molecule has 1 aliphatic heterocycles. The molecular weight excluding hydrogens is 360 g/mol. The molecular formula is C25H24N2O2. The van der Waals surface area contributed by atoms with Gasteiger partial charge >= 0.3 is 0 Å². The monoisotopic (exact) mass is 384 g/mol. The van der Waals surface area contributed by atoms with E-state index in [1.54, 1.807) is 0 Å². The van der Waals surface area contributed by atoms with Crippen LogP contribution in [0.25, 0.3) is 22.8 Å². The minimum absolute atomic E-state index is 0.0483. The lowest BCUT2D eigenvalue weighted by molar-refractivity contribution is -0.110. The summed E-state index contributed by atoms with van der Waals surface area (Å²) in [5.41, 5.74) is 8.39. The second-order valence-corrected chi connectivity index (χ2v) is 7.67. The summed E-state index contributed by atoms with van der Waals surface area (Å²) in [5, 5.41) is 3.03. The summed E-state index contributed by atoms with van der Waals surface area (Å²) < 4.78 is 5.61. The summed E-state index contributed by atoms with van der Waals surface area (Å²) in [6.07, 6.45) is 6.69. The molecule has 2 heterocycles. The largest absolute Gasteiger partial charge is 0.494 e. The van der Waals surface area contributed by atoms with Crippen LogP contribution in [0.2, 0.25) is 0 Å². The van der Waals surface area contributed by atoms with Crippen LogP contribution in [-0.2, 0) is 17.6 Å². The van der Waals surface area contributed by atoms with E-state index in [0.29, 0.717) is 12.2 Å². The minimum atomic E-state index is -0.0483. The first-order valence-corrected chi connectivity index (χ1v) is 10.3. The Balaban J connectivity index is 1.48. The molecule has 0 bridgehead atoms. The Morgan fingerprint density at radius 3 is 2.76 bits per heavy atom. The SMILES string of the molecule is CCOc1cccc(-c2ccc3c(c2)NC(=O)/C3=C\c2cc3c([nH]2)CCCC3)c1. The van der Waals surface area contributed by atoms with Gasteiger partial charge in [-0.3, -0.25) is 4.79 Å². The molecule has 4 nitrogen and oxygen atoms in total. The predicted molar refractivity (Wildman–Crippen MR) is 117 cm³/mol. The number of H-pyrrole nitrogens is 1. The van der Waals surface area contributed by atoms with Crippen molar-refractivity contribution in [1.29, 1.82) is 0 Å². The van der Waals surface area contributed by atoms with Gasteiger partial charge in [-0.15, -0.1) is 0 Å². The number of fused-ring (bicyclic) bond motifs is 2. The first kappa shape index (κ1) is 17.8. The summed E-state index contributed by atoms with van der Waals surface area (Å²) in [5.74, 6) is 0.804. The van der Waals surface area contributed by atoms with E-state index in [-0.39, 0.29) is 5.91 Å². The van der Waals surface area contributed by atoms with E-state index in [1.807, 2.05) is 43.3 Å². The summed E-state index contributed by atoms with van der Waals surface area (Å²) in [6, 6.07) is 16.4. The van der Waals surface area contributed by atoms with Crippen molar-refractivity contribution >= 4 is 23.2 Å². The van der Waals surface area contributed by atoms with E-state index in [4.69, 9.17) is 4.74 Å². The molecule has 0 radical (unpaired) electrons. The fourth-order valence-corrected chi connectivity index (χ4v) is 4.31. The Morgan fingerprint density at radius 1 is 1.03 bits per heavy atom. The first-order valence-electron chi connectivity index (χ1n) is 10.3. The Morgan fingerprint density at radius 2 is 1.90 bits per heavy atom. The van der Waals surface area contributed by atoms with Crippen LogP contribution in [0, 0.1) is 0 Å². The summed E-state index contributed by atoms with van der Waals surface area (Å²) in [4.78, 5) is 16.1. The number of anilines is 1. The third-order valence-electron chi connectivity index (χ3n) is 5.72. The van der Waals surface area contributed by atoms with Crippen LogP contribution in [0.15, 0.2) is 48.5 Å². The molecule has 0 saturated carbocycles. The predicted octanol–water partition coefficient (Wildman–Crippen LogP) is 5.45. The summed E-state index contributed by atoms with van der Waals surface area (Å²) in [6.45, 7) is 2.62. The molecule has 3 aromatic rings. The number of carbonyl (C=O) groups is 1. The lowest BCUT2D eigenvalue weighted by Gasteiger charge is -2.08. The molecule has 0 unspecified atom stereocenters. The van der Waals surface area contributed by atoms with Gasteiger partial charge in [0, 0.05) is 22.6 Å². The van der Waals surface area contributed by atoms with Crippen LogP contribution in [-0.4, -0.2) is 17.5 Å². The number of rotatable bonds is 4. The zero-order valence-corrected chi connectivity index (χ0v) is 16.5. The minimum Gasteiger partial charge on any atom is -0.494 e. The van der Waals surface area contributed by atoms with Gasteiger partial charge in [-0.1, -0.05) is 24.3 Å². The van der Waals surface area contributed by atoms with E-state index in [2.05, 4.69) is 28.5 Å². The maximum absolute atomic E-state index is 12.7. The smallest absolute Gasteiger partial charge is 0.256 e. The van der Waals surface area contributed by atoms with Gasteiger partial charge in [-0.05, 0) is 79.6 Å². The Hall–Kier alpha value is -3.27. The van der Waals surface area contributed by atoms with Gasteiger partial charge < -0.3 is 15.0 Å². The van der Waals surface area contributed by atoms with Gasteiger partial charge in [0.2, 0.25) is 0 Å². The fraction of sp³-hybridized carbons (Fsp3) is 0.240. The van der Waals surface area contributed by atoms with Crippen molar-refractivity contribution in [2.45, 2.75) is 32.6 Å². The maximum Gasteiger partial charge on any atom is 0.256 e. The van der Waals surface area contributed by atoms with Crippen LogP contribution < -0.4 is 10.1 Å². The Labute approximate surface area is 170 Å². The summed E-state index contributed by atoms with van der Waals surface area (Å²) in [7, 11) is 0. The van der Waals surface area contributed by atoms with E-state index in [1.165, 1.54) is 24.1 Å². The Kier molecular flexibility index (Phi) is 4.47. The Bertz CT molecular complexity index is 1100. The van der Waals surface area contributed by atoms with Crippen LogP contribution in [0.3, 0.4) is 0 Å². The highest BCUT2D eigenvalue weighted by Crippen LogP contribution is 2.37. The third kappa shape index (κ3) is 3.35. The number of amides is 1. The second-order valence-electron chi connectivity index (χ2n) is 7.67. The number of carbonyl (C=O) groups excluding carboxylic acids is 1. The molecule has 146 valence electrons. The van der Waals surface area contributed by atoms with Crippen LogP contribution in [0.4, 0.5) is 5.69 Å². The molecule has 0 atom stereocenters. The molecule has 4 heteroatoms. The van der Waals surface area contributed by atoms with E-state index < -0.39 is 0 Å². The van der Waals surface area contributed by atoms with Crippen molar-refractivity contribution in [1.82, 2.24) is 4.98 Å². The molecule has 1 aromatic heterocycles. The van der Waals surface area contributed by atoms with E-state index in [0.717, 1.165) is 46.7 Å². The van der Waals surface area contributed by atoms with Crippen molar-refractivity contribution in [2.24, 2.45) is 0 Å². The van der Waals surface area contributed by atoms with Crippen molar-refractivity contribution in [2.75, 3.05) is 11.9 Å². The second kappa shape index (κ2) is 7.28. The lowest BCUT2D eigenvalue weighted by Crippen LogP contribution is -2.03. The molecule has 0 fully saturated rings.